The van der Waals surface area contributed by atoms with Crippen molar-refractivity contribution in [3.8, 4) is 0 Å². The van der Waals surface area contributed by atoms with E-state index in [2.05, 4.69) is 0 Å². The average molecular weight is 230 g/mol. The summed E-state index contributed by atoms with van der Waals surface area (Å²) in [6.07, 6.45) is 0.430. The lowest BCUT2D eigenvalue weighted by Crippen LogP contribution is -2.24. The Morgan fingerprint density at radius 1 is 1.44 bits per heavy atom. The second kappa shape index (κ2) is 5.41. The average Bonchev–Trinajstić information content (AvgIpc) is 2.51. The number of esters is 1. The molecule has 0 aliphatic carbocycles. The van der Waals surface area contributed by atoms with E-state index >= 15 is 0 Å². The molecule has 0 aromatic rings. The summed E-state index contributed by atoms with van der Waals surface area (Å²) in [6, 6.07) is 0. The zero-order valence-corrected chi connectivity index (χ0v) is 9.89. The van der Waals surface area contributed by atoms with E-state index in [0.29, 0.717) is 19.3 Å². The fourth-order valence-electron chi connectivity index (χ4n) is 1.69. The summed E-state index contributed by atoms with van der Waals surface area (Å²) in [6.45, 7) is 5.61. The predicted octanol–water partition coefficient (Wildman–Crippen LogP) is 1.05. The van der Waals surface area contributed by atoms with Crippen molar-refractivity contribution in [1.29, 1.82) is 0 Å². The van der Waals surface area contributed by atoms with Crippen molar-refractivity contribution in [2.75, 3.05) is 6.61 Å². The SMILES string of the molecule is CCOC(=O)CC[C@@H]1OC(C)(C)O[C@@H]1C=O. The van der Waals surface area contributed by atoms with Crippen molar-refractivity contribution < 1.29 is 23.8 Å². The molecular weight excluding hydrogens is 212 g/mol. The van der Waals surface area contributed by atoms with Gasteiger partial charge in [-0.15, -0.1) is 0 Å². The maximum Gasteiger partial charge on any atom is 0.305 e. The number of rotatable bonds is 5. The van der Waals surface area contributed by atoms with E-state index in [1.165, 1.54) is 0 Å². The van der Waals surface area contributed by atoms with E-state index in [1.807, 2.05) is 0 Å². The third kappa shape index (κ3) is 3.57. The maximum atomic E-state index is 11.1. The van der Waals surface area contributed by atoms with Gasteiger partial charge < -0.3 is 19.0 Å². The Balaban J connectivity index is 2.41. The van der Waals surface area contributed by atoms with Gasteiger partial charge in [-0.05, 0) is 27.2 Å². The van der Waals surface area contributed by atoms with Crippen molar-refractivity contribution in [2.45, 2.75) is 51.6 Å². The van der Waals surface area contributed by atoms with Crippen molar-refractivity contribution in [1.82, 2.24) is 0 Å². The number of ether oxygens (including phenoxy) is 3. The molecule has 0 amide bonds. The normalized spacial score (nSPS) is 27.7. The van der Waals surface area contributed by atoms with Gasteiger partial charge in [-0.25, -0.2) is 0 Å². The van der Waals surface area contributed by atoms with Crippen LogP contribution >= 0.6 is 0 Å². The fourth-order valence-corrected chi connectivity index (χ4v) is 1.69. The summed E-state index contributed by atoms with van der Waals surface area (Å²) in [5, 5.41) is 0. The summed E-state index contributed by atoms with van der Waals surface area (Å²) >= 11 is 0. The summed E-state index contributed by atoms with van der Waals surface area (Å²) in [7, 11) is 0. The monoisotopic (exact) mass is 230 g/mol. The molecule has 1 aliphatic heterocycles. The van der Waals surface area contributed by atoms with E-state index in [-0.39, 0.29) is 18.5 Å². The third-order valence-electron chi connectivity index (χ3n) is 2.29. The fraction of sp³-hybridized carbons (Fsp3) is 0.818. The smallest absolute Gasteiger partial charge is 0.305 e. The standard InChI is InChI=1S/C11H18O5/c1-4-14-10(13)6-5-8-9(7-12)16-11(2,3)15-8/h7-9H,4-6H2,1-3H3/t8-,9+/m0/s1. The second-order valence-electron chi connectivity index (χ2n) is 4.12. The molecule has 1 heterocycles. The zero-order valence-electron chi connectivity index (χ0n) is 9.89. The molecule has 0 unspecified atom stereocenters. The molecule has 92 valence electrons. The lowest BCUT2D eigenvalue weighted by Gasteiger charge is -2.16. The first-order valence-corrected chi connectivity index (χ1v) is 5.45. The van der Waals surface area contributed by atoms with E-state index in [9.17, 15) is 9.59 Å². The van der Waals surface area contributed by atoms with Gasteiger partial charge in [-0.3, -0.25) is 4.79 Å². The molecule has 0 saturated carbocycles. The van der Waals surface area contributed by atoms with Gasteiger partial charge in [0.05, 0.1) is 12.7 Å². The Bertz CT molecular complexity index is 261. The van der Waals surface area contributed by atoms with Gasteiger partial charge in [0, 0.05) is 6.42 Å². The summed E-state index contributed by atoms with van der Waals surface area (Å²) < 4.78 is 15.7. The highest BCUT2D eigenvalue weighted by atomic mass is 16.8. The minimum atomic E-state index is -0.759. The lowest BCUT2D eigenvalue weighted by atomic mass is 10.1. The van der Waals surface area contributed by atoms with Crippen molar-refractivity contribution in [3.63, 3.8) is 0 Å². The number of carbonyl (C=O) groups excluding carboxylic acids is 2. The van der Waals surface area contributed by atoms with E-state index in [4.69, 9.17) is 14.2 Å². The molecule has 2 atom stereocenters. The van der Waals surface area contributed by atoms with Crippen LogP contribution in [0, 0.1) is 0 Å². The second-order valence-corrected chi connectivity index (χ2v) is 4.12. The highest BCUT2D eigenvalue weighted by Crippen LogP contribution is 2.29. The van der Waals surface area contributed by atoms with Crippen LogP contribution in [0.25, 0.3) is 0 Å². The van der Waals surface area contributed by atoms with Gasteiger partial charge in [0.2, 0.25) is 0 Å². The van der Waals surface area contributed by atoms with Gasteiger partial charge in [0.25, 0.3) is 0 Å². The van der Waals surface area contributed by atoms with Gasteiger partial charge in [-0.2, -0.15) is 0 Å². The van der Waals surface area contributed by atoms with Crippen LogP contribution in [0.2, 0.25) is 0 Å². The van der Waals surface area contributed by atoms with Crippen LogP contribution in [0.4, 0.5) is 0 Å². The van der Waals surface area contributed by atoms with Crippen LogP contribution in [-0.4, -0.2) is 36.9 Å². The van der Waals surface area contributed by atoms with Crippen LogP contribution in [0.1, 0.15) is 33.6 Å². The van der Waals surface area contributed by atoms with Gasteiger partial charge in [-0.1, -0.05) is 0 Å². The molecule has 5 heteroatoms. The molecule has 0 aromatic carbocycles. The molecule has 0 spiro atoms. The minimum absolute atomic E-state index is 0.238. The van der Waals surface area contributed by atoms with E-state index in [1.54, 1.807) is 20.8 Å². The largest absolute Gasteiger partial charge is 0.466 e. The lowest BCUT2D eigenvalue weighted by molar-refractivity contribution is -0.152. The van der Waals surface area contributed by atoms with Crippen molar-refractivity contribution in [3.05, 3.63) is 0 Å². The Kier molecular flexibility index (Phi) is 4.44. The minimum Gasteiger partial charge on any atom is -0.466 e. The first-order chi connectivity index (χ1) is 7.48. The molecule has 0 N–H and O–H groups in total. The number of aldehydes is 1. The maximum absolute atomic E-state index is 11.1. The molecule has 0 bridgehead atoms. The molecule has 0 aromatic heterocycles. The highest BCUT2D eigenvalue weighted by Gasteiger charge is 2.40. The molecule has 16 heavy (non-hydrogen) atoms. The molecule has 1 saturated heterocycles. The molecular formula is C11H18O5. The Labute approximate surface area is 95.0 Å². The molecule has 0 radical (unpaired) electrons. The molecule has 1 rings (SSSR count). The van der Waals surface area contributed by atoms with E-state index < -0.39 is 11.9 Å². The highest BCUT2D eigenvalue weighted by molar-refractivity contribution is 5.69. The summed E-state index contributed by atoms with van der Waals surface area (Å²) in [5.74, 6) is -1.04. The number of hydrogen-bond acceptors (Lipinski definition) is 5. The topological polar surface area (TPSA) is 61.8 Å². The van der Waals surface area contributed by atoms with Crippen LogP contribution in [0.3, 0.4) is 0 Å². The third-order valence-corrected chi connectivity index (χ3v) is 2.29. The summed E-state index contributed by atoms with van der Waals surface area (Å²) in [4.78, 5) is 21.9. The Hall–Kier alpha value is -0.940. The quantitative estimate of drug-likeness (QED) is 0.522. The van der Waals surface area contributed by atoms with Crippen LogP contribution < -0.4 is 0 Å². The Morgan fingerprint density at radius 3 is 2.69 bits per heavy atom. The van der Waals surface area contributed by atoms with Crippen LogP contribution in [0.5, 0.6) is 0 Å². The van der Waals surface area contributed by atoms with Crippen LogP contribution in [-0.2, 0) is 23.8 Å². The van der Waals surface area contributed by atoms with E-state index in [0.717, 1.165) is 0 Å². The van der Waals surface area contributed by atoms with Gasteiger partial charge in [0.1, 0.15) is 6.10 Å². The number of carbonyl (C=O) groups is 2. The Morgan fingerprint density at radius 2 is 2.12 bits per heavy atom. The van der Waals surface area contributed by atoms with Crippen LogP contribution in [0.15, 0.2) is 0 Å². The molecule has 5 nitrogen and oxygen atoms in total. The number of hydrogen-bond donors (Lipinski definition) is 0. The van der Waals surface area contributed by atoms with Crippen molar-refractivity contribution in [2.24, 2.45) is 0 Å². The van der Waals surface area contributed by atoms with Gasteiger partial charge in [0.15, 0.2) is 12.1 Å². The molecule has 1 fully saturated rings. The predicted molar refractivity (Wildman–Crippen MR) is 55.8 cm³/mol. The van der Waals surface area contributed by atoms with Gasteiger partial charge >= 0.3 is 5.97 Å². The van der Waals surface area contributed by atoms with Crippen molar-refractivity contribution >= 4 is 12.3 Å². The molecule has 1 aliphatic rings. The first kappa shape index (κ1) is 13.1. The zero-order chi connectivity index (χ0) is 12.2. The first-order valence-electron chi connectivity index (χ1n) is 5.45. The summed E-state index contributed by atoms with van der Waals surface area (Å²) in [5.41, 5.74) is 0.